The number of nitrogens with zero attached hydrogens (tertiary/aromatic N) is 1. The molecule has 0 spiro atoms. The van der Waals surface area contributed by atoms with Gasteiger partial charge in [-0.25, -0.2) is 4.79 Å². The van der Waals surface area contributed by atoms with Crippen LogP contribution in [0, 0.1) is 0 Å². The van der Waals surface area contributed by atoms with Gasteiger partial charge in [0.25, 0.3) is 0 Å². The van der Waals surface area contributed by atoms with Crippen molar-refractivity contribution in [3.8, 4) is 0 Å². The zero-order valence-electron chi connectivity index (χ0n) is 20.7. The lowest BCUT2D eigenvalue weighted by Gasteiger charge is -2.24. The smallest absolute Gasteiger partial charge is 0.326 e. The van der Waals surface area contributed by atoms with Crippen LogP contribution < -0.4 is 38.9 Å². The van der Waals surface area contributed by atoms with Gasteiger partial charge in [0, 0.05) is 19.4 Å². The van der Waals surface area contributed by atoms with Crippen LogP contribution in [-0.4, -0.2) is 71.4 Å². The Balaban J connectivity index is 2.87. The number of nitrogens with one attached hydrogen (secondary N) is 3. The maximum absolute atomic E-state index is 13.0. The van der Waals surface area contributed by atoms with Gasteiger partial charge in [0.2, 0.25) is 23.6 Å². The van der Waals surface area contributed by atoms with Gasteiger partial charge in [-0.05, 0) is 31.7 Å². The first-order valence-corrected chi connectivity index (χ1v) is 11.7. The molecule has 0 aliphatic heterocycles. The highest BCUT2D eigenvalue weighted by Crippen LogP contribution is 2.06. The van der Waals surface area contributed by atoms with Gasteiger partial charge in [-0.1, -0.05) is 30.3 Å². The number of hydrogen-bond acceptors (Lipinski definition) is 7. The van der Waals surface area contributed by atoms with E-state index in [-0.39, 0.29) is 38.2 Å². The fourth-order valence-corrected chi connectivity index (χ4v) is 3.21. The van der Waals surface area contributed by atoms with Gasteiger partial charge in [0.05, 0.1) is 6.04 Å². The number of nitrogens with two attached hydrogens (primary N) is 4. The van der Waals surface area contributed by atoms with Gasteiger partial charge in [0.1, 0.15) is 18.1 Å². The maximum Gasteiger partial charge on any atom is 0.326 e. The molecule has 12 N–H and O–H groups in total. The number of primary amides is 1. The SMILES string of the molecule is CC(NC(=O)C(N)CCC(N)=O)C(=O)NC(CCCN=C(N)N)C(=O)NC(Cc1ccccc1)C(=O)O. The van der Waals surface area contributed by atoms with Crippen LogP contribution in [0.2, 0.25) is 0 Å². The number of hydrogen-bond donors (Lipinski definition) is 8. The van der Waals surface area contributed by atoms with E-state index in [1.54, 1.807) is 30.3 Å². The van der Waals surface area contributed by atoms with Crippen molar-refractivity contribution < 1.29 is 29.1 Å². The number of carbonyl (C=O) groups excluding carboxylic acids is 4. The van der Waals surface area contributed by atoms with E-state index in [9.17, 15) is 29.1 Å². The normalized spacial score (nSPS) is 13.8. The molecule has 0 radical (unpaired) electrons. The number of guanidine groups is 1. The number of rotatable bonds is 16. The summed E-state index contributed by atoms with van der Waals surface area (Å²) < 4.78 is 0. The predicted molar refractivity (Wildman–Crippen MR) is 136 cm³/mol. The van der Waals surface area contributed by atoms with Crippen molar-refractivity contribution in [2.24, 2.45) is 27.9 Å². The molecule has 0 saturated heterocycles. The molecule has 0 aliphatic carbocycles. The lowest BCUT2D eigenvalue weighted by atomic mass is 10.0. The Morgan fingerprint density at radius 3 is 2.08 bits per heavy atom. The Morgan fingerprint density at radius 2 is 1.51 bits per heavy atom. The molecule has 0 heterocycles. The molecule has 0 bridgehead atoms. The molecule has 14 heteroatoms. The molecule has 0 aromatic heterocycles. The Morgan fingerprint density at radius 1 is 0.892 bits per heavy atom. The van der Waals surface area contributed by atoms with E-state index in [1.807, 2.05) is 0 Å². The summed E-state index contributed by atoms with van der Waals surface area (Å²) in [7, 11) is 0. The first-order valence-electron chi connectivity index (χ1n) is 11.7. The minimum Gasteiger partial charge on any atom is -0.480 e. The fraction of sp³-hybridized carbons (Fsp3) is 0.478. The summed E-state index contributed by atoms with van der Waals surface area (Å²) in [6.45, 7) is 1.56. The summed E-state index contributed by atoms with van der Waals surface area (Å²) in [5.41, 5.74) is 22.1. The molecule has 0 saturated carbocycles. The van der Waals surface area contributed by atoms with Crippen LogP contribution in [0.3, 0.4) is 0 Å². The van der Waals surface area contributed by atoms with Crippen molar-refractivity contribution in [3.63, 3.8) is 0 Å². The Labute approximate surface area is 214 Å². The molecule has 14 nitrogen and oxygen atoms in total. The number of carboxylic acids is 1. The second-order valence-corrected chi connectivity index (χ2v) is 8.44. The van der Waals surface area contributed by atoms with E-state index in [0.717, 1.165) is 0 Å². The van der Waals surface area contributed by atoms with E-state index in [1.165, 1.54) is 6.92 Å². The maximum atomic E-state index is 13.0. The van der Waals surface area contributed by atoms with E-state index in [2.05, 4.69) is 20.9 Å². The van der Waals surface area contributed by atoms with Gasteiger partial charge in [-0.3, -0.25) is 24.2 Å². The fourth-order valence-electron chi connectivity index (χ4n) is 3.21. The lowest BCUT2D eigenvalue weighted by molar-refractivity contribution is -0.142. The molecule has 0 aliphatic rings. The zero-order chi connectivity index (χ0) is 28.0. The Hall–Kier alpha value is -4.20. The van der Waals surface area contributed by atoms with Crippen molar-refractivity contribution in [3.05, 3.63) is 35.9 Å². The minimum absolute atomic E-state index is 0.00329. The highest BCUT2D eigenvalue weighted by Gasteiger charge is 2.28. The summed E-state index contributed by atoms with van der Waals surface area (Å²) in [6, 6.07) is 4.22. The van der Waals surface area contributed by atoms with E-state index < -0.39 is 53.8 Å². The average Bonchev–Trinajstić information content (AvgIpc) is 2.83. The summed E-state index contributed by atoms with van der Waals surface area (Å²) in [4.78, 5) is 64.4. The third kappa shape index (κ3) is 12.4. The van der Waals surface area contributed by atoms with Gasteiger partial charge in [-0.2, -0.15) is 0 Å². The van der Waals surface area contributed by atoms with Gasteiger partial charge in [-0.15, -0.1) is 0 Å². The number of aliphatic carboxylic acids is 1. The lowest BCUT2D eigenvalue weighted by Crippen LogP contribution is -2.56. The summed E-state index contributed by atoms with van der Waals surface area (Å²) in [5.74, 6) is -4.09. The quantitative estimate of drug-likeness (QED) is 0.0646. The van der Waals surface area contributed by atoms with Crippen molar-refractivity contribution in [1.29, 1.82) is 0 Å². The summed E-state index contributed by atoms with van der Waals surface area (Å²) in [6.07, 6.45) is 0.326. The number of aliphatic imine (C=N–C) groups is 1. The van der Waals surface area contributed by atoms with Crippen LogP contribution in [0.5, 0.6) is 0 Å². The Kier molecular flexibility index (Phi) is 13.1. The third-order valence-corrected chi connectivity index (χ3v) is 5.27. The highest BCUT2D eigenvalue weighted by atomic mass is 16.4. The molecule has 37 heavy (non-hydrogen) atoms. The Bertz CT molecular complexity index is 967. The van der Waals surface area contributed by atoms with Crippen LogP contribution in [0.15, 0.2) is 35.3 Å². The molecule has 4 unspecified atom stereocenters. The van der Waals surface area contributed by atoms with Crippen molar-refractivity contribution in [1.82, 2.24) is 16.0 Å². The first-order chi connectivity index (χ1) is 17.4. The monoisotopic (exact) mass is 520 g/mol. The summed E-state index contributed by atoms with van der Waals surface area (Å²) >= 11 is 0. The second kappa shape index (κ2) is 15.7. The van der Waals surface area contributed by atoms with Crippen LogP contribution in [0.4, 0.5) is 0 Å². The number of carbonyl (C=O) groups is 5. The number of amides is 4. The largest absolute Gasteiger partial charge is 0.480 e. The van der Waals surface area contributed by atoms with Crippen LogP contribution >= 0.6 is 0 Å². The van der Waals surface area contributed by atoms with E-state index in [0.29, 0.717) is 12.0 Å². The molecule has 0 fully saturated rings. The second-order valence-electron chi connectivity index (χ2n) is 8.44. The molecular weight excluding hydrogens is 484 g/mol. The van der Waals surface area contributed by atoms with Crippen molar-refractivity contribution in [2.75, 3.05) is 6.54 Å². The third-order valence-electron chi connectivity index (χ3n) is 5.27. The van der Waals surface area contributed by atoms with E-state index in [4.69, 9.17) is 22.9 Å². The standard InChI is InChI=1S/C23H36N8O6/c1-13(29-20(34)15(24)9-10-18(25)32)19(33)30-16(8-5-11-28-23(26)27)21(35)31-17(22(36)37)12-14-6-3-2-4-7-14/h2-4,6-7,13,15-17H,5,8-12,24H2,1H3,(H2,25,32)(H,29,34)(H,30,33)(H,31,35)(H,36,37)(H4,26,27,28). The van der Waals surface area contributed by atoms with Crippen LogP contribution in [0.25, 0.3) is 0 Å². The molecular formula is C23H36N8O6. The first kappa shape index (κ1) is 30.8. The van der Waals surface area contributed by atoms with Gasteiger partial charge >= 0.3 is 5.97 Å². The van der Waals surface area contributed by atoms with Crippen molar-refractivity contribution in [2.45, 2.75) is 63.2 Å². The molecule has 4 amide bonds. The topological polar surface area (TPSA) is 258 Å². The minimum atomic E-state index is -1.24. The molecule has 1 aromatic rings. The number of carboxylic acid groups (broad SMARTS) is 1. The van der Waals surface area contributed by atoms with Crippen LogP contribution in [-0.2, 0) is 30.4 Å². The summed E-state index contributed by atoms with van der Waals surface area (Å²) in [5, 5.41) is 17.0. The van der Waals surface area contributed by atoms with Gasteiger partial charge in [0.15, 0.2) is 5.96 Å². The van der Waals surface area contributed by atoms with E-state index >= 15 is 0 Å². The average molecular weight is 521 g/mol. The predicted octanol–water partition coefficient (Wildman–Crippen LogP) is -2.57. The number of benzene rings is 1. The zero-order valence-corrected chi connectivity index (χ0v) is 20.7. The molecule has 1 rings (SSSR count). The molecule has 4 atom stereocenters. The highest BCUT2D eigenvalue weighted by molar-refractivity contribution is 5.94. The van der Waals surface area contributed by atoms with Crippen LogP contribution in [0.1, 0.15) is 38.2 Å². The molecule has 204 valence electrons. The molecule has 1 aromatic carbocycles. The van der Waals surface area contributed by atoms with Gasteiger partial charge < -0.3 is 44.0 Å². The van der Waals surface area contributed by atoms with Crippen molar-refractivity contribution >= 4 is 35.6 Å².